The Morgan fingerprint density at radius 2 is 1.93 bits per heavy atom. The van der Waals surface area contributed by atoms with Crippen LogP contribution in [0.5, 0.6) is 0 Å². The molecule has 0 radical (unpaired) electrons. The summed E-state index contributed by atoms with van der Waals surface area (Å²) in [5.74, 6) is 0.527. The molecular formula is C21H24N4O3. The Kier molecular flexibility index (Phi) is 4.01. The SMILES string of the molecule is COCC(=O)N1CC(N2C(=O)c3c(c(C)nn3-c3ccccc3)C2C2CC2)C1. The molecule has 7 heteroatoms. The van der Waals surface area contributed by atoms with Crippen molar-refractivity contribution in [3.8, 4) is 5.69 Å². The predicted octanol–water partition coefficient (Wildman–Crippen LogP) is 1.94. The van der Waals surface area contributed by atoms with Gasteiger partial charge in [0.05, 0.1) is 23.5 Å². The molecule has 1 aromatic carbocycles. The molecule has 2 fully saturated rings. The van der Waals surface area contributed by atoms with Gasteiger partial charge in [-0.1, -0.05) is 18.2 Å². The van der Waals surface area contributed by atoms with Gasteiger partial charge in [-0.15, -0.1) is 0 Å². The quantitative estimate of drug-likeness (QED) is 0.795. The molecule has 3 heterocycles. The monoisotopic (exact) mass is 380 g/mol. The summed E-state index contributed by atoms with van der Waals surface area (Å²) in [4.78, 5) is 29.4. The minimum Gasteiger partial charge on any atom is -0.375 e. The number of aromatic nitrogens is 2. The molecule has 2 aromatic rings. The molecule has 28 heavy (non-hydrogen) atoms. The minimum atomic E-state index is -0.0162. The molecule has 1 atom stereocenters. The van der Waals surface area contributed by atoms with Crippen molar-refractivity contribution in [1.29, 1.82) is 0 Å². The molecule has 2 aliphatic heterocycles. The van der Waals surface area contributed by atoms with E-state index >= 15 is 0 Å². The lowest BCUT2D eigenvalue weighted by Gasteiger charge is -2.46. The lowest BCUT2D eigenvalue weighted by Crippen LogP contribution is -2.62. The fraction of sp³-hybridized carbons (Fsp3) is 0.476. The van der Waals surface area contributed by atoms with E-state index in [4.69, 9.17) is 9.84 Å². The maximum absolute atomic E-state index is 13.5. The highest BCUT2D eigenvalue weighted by atomic mass is 16.5. The predicted molar refractivity (Wildman–Crippen MR) is 102 cm³/mol. The van der Waals surface area contributed by atoms with Gasteiger partial charge in [-0.25, -0.2) is 4.68 Å². The van der Waals surface area contributed by atoms with E-state index in [1.165, 1.54) is 7.11 Å². The summed E-state index contributed by atoms with van der Waals surface area (Å²) in [5, 5.41) is 4.71. The van der Waals surface area contributed by atoms with Gasteiger partial charge in [0.2, 0.25) is 5.91 Å². The molecule has 1 saturated heterocycles. The van der Waals surface area contributed by atoms with E-state index in [0.29, 0.717) is 24.7 Å². The standard InChI is InChI=1S/C21H24N4O3/c1-13-18-19(14-8-9-14)24(16-10-23(11-16)17(26)12-28-2)21(27)20(18)25(22-13)15-6-4-3-5-7-15/h3-7,14,16,19H,8-12H2,1-2H3. The number of aryl methyl sites for hydroxylation is 1. The van der Waals surface area contributed by atoms with E-state index in [0.717, 1.165) is 29.8 Å². The Labute approximate surface area is 163 Å². The second-order valence-corrected chi connectivity index (χ2v) is 7.98. The Bertz CT molecular complexity index is 929. The van der Waals surface area contributed by atoms with Crippen molar-refractivity contribution in [2.45, 2.75) is 31.8 Å². The molecule has 2 amide bonds. The number of likely N-dealkylation sites (tertiary alicyclic amines) is 1. The molecule has 0 bridgehead atoms. The highest BCUT2D eigenvalue weighted by Gasteiger charge is 2.53. The highest BCUT2D eigenvalue weighted by molar-refractivity contribution is 5.99. The molecule has 0 spiro atoms. The minimum absolute atomic E-state index is 0.0162. The number of hydrogen-bond donors (Lipinski definition) is 0. The molecule has 7 nitrogen and oxygen atoms in total. The lowest BCUT2D eigenvalue weighted by molar-refractivity contribution is -0.142. The van der Waals surface area contributed by atoms with E-state index < -0.39 is 0 Å². The van der Waals surface area contributed by atoms with Crippen molar-refractivity contribution in [1.82, 2.24) is 19.6 Å². The molecule has 1 aliphatic carbocycles. The van der Waals surface area contributed by atoms with Crippen molar-refractivity contribution in [3.63, 3.8) is 0 Å². The van der Waals surface area contributed by atoms with Crippen molar-refractivity contribution in [2.24, 2.45) is 5.92 Å². The highest BCUT2D eigenvalue weighted by Crippen LogP contribution is 2.52. The van der Waals surface area contributed by atoms with E-state index in [9.17, 15) is 9.59 Å². The van der Waals surface area contributed by atoms with Crippen LogP contribution in [0, 0.1) is 12.8 Å². The molecule has 1 saturated carbocycles. The summed E-state index contributed by atoms with van der Waals surface area (Å²) >= 11 is 0. The van der Waals surface area contributed by atoms with E-state index in [2.05, 4.69) is 0 Å². The molecule has 0 N–H and O–H groups in total. The molecular weight excluding hydrogens is 356 g/mol. The van der Waals surface area contributed by atoms with E-state index in [1.807, 2.05) is 42.2 Å². The van der Waals surface area contributed by atoms with Crippen LogP contribution in [0.2, 0.25) is 0 Å². The van der Waals surface area contributed by atoms with Gasteiger partial charge in [-0.2, -0.15) is 5.10 Å². The number of nitrogens with zero attached hydrogens (tertiary/aromatic N) is 4. The number of carbonyl (C=O) groups is 2. The van der Waals surface area contributed by atoms with Gasteiger partial charge in [0.1, 0.15) is 12.3 Å². The average Bonchev–Trinajstić information content (AvgIpc) is 3.37. The van der Waals surface area contributed by atoms with Gasteiger partial charge >= 0.3 is 0 Å². The number of carbonyl (C=O) groups excluding carboxylic acids is 2. The van der Waals surface area contributed by atoms with Gasteiger partial charge < -0.3 is 14.5 Å². The second-order valence-electron chi connectivity index (χ2n) is 7.98. The maximum Gasteiger partial charge on any atom is 0.273 e. The molecule has 1 aromatic heterocycles. The number of ether oxygens (including phenoxy) is 1. The third kappa shape index (κ3) is 2.57. The van der Waals surface area contributed by atoms with Crippen molar-refractivity contribution in [2.75, 3.05) is 26.8 Å². The smallest absolute Gasteiger partial charge is 0.273 e. The normalized spacial score (nSPS) is 21.8. The Hall–Kier alpha value is -2.67. The van der Waals surface area contributed by atoms with Gasteiger partial charge in [0.25, 0.3) is 5.91 Å². The van der Waals surface area contributed by atoms with Crippen LogP contribution >= 0.6 is 0 Å². The summed E-state index contributed by atoms with van der Waals surface area (Å²) in [7, 11) is 1.52. The molecule has 146 valence electrons. The van der Waals surface area contributed by atoms with E-state index in [-0.39, 0.29) is 30.5 Å². The van der Waals surface area contributed by atoms with Gasteiger partial charge in [0, 0.05) is 25.8 Å². The maximum atomic E-state index is 13.5. The number of methoxy groups -OCH3 is 1. The first-order chi connectivity index (χ1) is 13.6. The number of amides is 2. The number of rotatable bonds is 5. The average molecular weight is 380 g/mol. The van der Waals surface area contributed by atoms with Gasteiger partial charge in [-0.05, 0) is 37.8 Å². The Morgan fingerprint density at radius 3 is 2.57 bits per heavy atom. The fourth-order valence-corrected chi connectivity index (χ4v) is 4.56. The number of hydrogen-bond acceptors (Lipinski definition) is 4. The Balaban J connectivity index is 1.48. The van der Waals surface area contributed by atoms with Crippen LogP contribution < -0.4 is 0 Å². The lowest BCUT2D eigenvalue weighted by atomic mass is 9.99. The molecule has 3 aliphatic rings. The second kappa shape index (κ2) is 6.44. The topological polar surface area (TPSA) is 67.7 Å². The first-order valence-corrected chi connectivity index (χ1v) is 9.84. The van der Waals surface area contributed by atoms with E-state index in [1.54, 1.807) is 9.58 Å². The first kappa shape index (κ1) is 17.4. The largest absolute Gasteiger partial charge is 0.375 e. The van der Waals surface area contributed by atoms with Gasteiger partial charge in [0.15, 0.2) is 0 Å². The van der Waals surface area contributed by atoms with Crippen molar-refractivity contribution >= 4 is 11.8 Å². The van der Waals surface area contributed by atoms with Gasteiger partial charge in [-0.3, -0.25) is 9.59 Å². The van der Waals surface area contributed by atoms with Crippen LogP contribution in [0.4, 0.5) is 0 Å². The fourth-order valence-electron chi connectivity index (χ4n) is 4.56. The molecule has 5 rings (SSSR count). The number of para-hydroxylation sites is 1. The van der Waals surface area contributed by atoms with Crippen molar-refractivity contribution in [3.05, 3.63) is 47.3 Å². The summed E-state index contributed by atoms with van der Waals surface area (Å²) in [6.45, 7) is 3.26. The molecule has 1 unspecified atom stereocenters. The summed E-state index contributed by atoms with van der Waals surface area (Å²) in [6.07, 6.45) is 2.28. The third-order valence-electron chi connectivity index (χ3n) is 6.08. The van der Waals surface area contributed by atoms with Crippen LogP contribution in [-0.2, 0) is 9.53 Å². The summed E-state index contributed by atoms with van der Waals surface area (Å²) in [6, 6.07) is 9.98. The zero-order valence-corrected chi connectivity index (χ0v) is 16.2. The Morgan fingerprint density at radius 1 is 1.21 bits per heavy atom. The first-order valence-electron chi connectivity index (χ1n) is 9.84. The van der Waals surface area contributed by atoms with Crippen LogP contribution in [0.25, 0.3) is 5.69 Å². The zero-order chi connectivity index (χ0) is 19.4. The zero-order valence-electron chi connectivity index (χ0n) is 16.2. The van der Waals surface area contributed by atoms with Crippen molar-refractivity contribution < 1.29 is 14.3 Å². The number of fused-ring (bicyclic) bond motifs is 1. The van der Waals surface area contributed by atoms with Crippen LogP contribution in [0.3, 0.4) is 0 Å². The summed E-state index contributed by atoms with van der Waals surface area (Å²) in [5.41, 5.74) is 3.61. The van der Waals surface area contributed by atoms with Crippen LogP contribution in [-0.4, -0.2) is 64.2 Å². The number of benzene rings is 1. The van der Waals surface area contributed by atoms with Crippen LogP contribution in [0.1, 0.15) is 40.6 Å². The third-order valence-corrected chi connectivity index (χ3v) is 6.08. The summed E-state index contributed by atoms with van der Waals surface area (Å²) < 4.78 is 6.75. The van der Waals surface area contributed by atoms with Crippen LogP contribution in [0.15, 0.2) is 30.3 Å².